The summed E-state index contributed by atoms with van der Waals surface area (Å²) >= 11 is 2.85. The van der Waals surface area contributed by atoms with Crippen LogP contribution in [0.15, 0.2) is 34.7 Å². The Kier molecular flexibility index (Phi) is 5.06. The number of amides is 1. The van der Waals surface area contributed by atoms with E-state index in [1.807, 2.05) is 25.3 Å². The third-order valence-electron chi connectivity index (χ3n) is 5.02. The first-order valence-corrected chi connectivity index (χ1v) is 10.8. The molecule has 0 saturated carbocycles. The highest BCUT2D eigenvalue weighted by atomic mass is 32.1. The molecule has 6 nitrogen and oxygen atoms in total. The minimum absolute atomic E-state index is 0.103. The maximum Gasteiger partial charge on any atom is 0.262 e. The number of nitrogens with zero attached hydrogens (tertiary/aromatic N) is 3. The highest BCUT2D eigenvalue weighted by molar-refractivity contribution is 7.18. The smallest absolute Gasteiger partial charge is 0.262 e. The molecule has 1 N–H and O–H groups in total. The zero-order valence-electron chi connectivity index (χ0n) is 16.6. The molecular formula is C21H20N4O2S2. The van der Waals surface area contributed by atoms with E-state index in [2.05, 4.69) is 41.3 Å². The Morgan fingerprint density at radius 1 is 1.17 bits per heavy atom. The largest absolute Gasteiger partial charge is 0.300 e. The van der Waals surface area contributed by atoms with Crippen molar-refractivity contribution >= 4 is 43.9 Å². The molecule has 0 unspecified atom stereocenters. The molecule has 1 aromatic carbocycles. The molecule has 0 radical (unpaired) electrons. The van der Waals surface area contributed by atoms with Crippen LogP contribution in [0.5, 0.6) is 0 Å². The molecule has 0 saturated heterocycles. The molecule has 29 heavy (non-hydrogen) atoms. The molecule has 4 rings (SSSR count). The van der Waals surface area contributed by atoms with Crippen LogP contribution in [-0.2, 0) is 11.3 Å². The van der Waals surface area contributed by atoms with Crippen LogP contribution in [0.4, 0.5) is 5.13 Å². The molecule has 148 valence electrons. The molecule has 3 heterocycles. The molecule has 1 amide bonds. The lowest BCUT2D eigenvalue weighted by Crippen LogP contribution is -2.27. The summed E-state index contributed by atoms with van der Waals surface area (Å²) < 4.78 is 1.34. The van der Waals surface area contributed by atoms with Crippen molar-refractivity contribution in [3.05, 3.63) is 61.8 Å². The normalized spacial score (nSPS) is 11.2. The third-order valence-corrected chi connectivity index (χ3v) is 6.90. The van der Waals surface area contributed by atoms with Gasteiger partial charge in [0.15, 0.2) is 5.13 Å². The summed E-state index contributed by atoms with van der Waals surface area (Å²) in [5.41, 5.74) is 4.99. The van der Waals surface area contributed by atoms with Gasteiger partial charge in [-0.1, -0.05) is 12.1 Å². The number of thiophene rings is 1. The van der Waals surface area contributed by atoms with Crippen molar-refractivity contribution in [3.8, 4) is 11.3 Å². The Bertz CT molecular complexity index is 1300. The first kappa shape index (κ1) is 19.5. The standard InChI is InChI=1S/C21H20N4O2S2/c1-11-5-6-15(7-12(11)2)16-9-28-21(23-16)24-17(26)8-25-10-22-19-18(20(25)27)13(3)14(4)29-19/h5-7,9-10H,8H2,1-4H3,(H,23,24,26). The molecule has 0 fully saturated rings. The lowest BCUT2D eigenvalue weighted by molar-refractivity contribution is -0.116. The van der Waals surface area contributed by atoms with Gasteiger partial charge in [-0.05, 0) is 50.5 Å². The van der Waals surface area contributed by atoms with Crippen molar-refractivity contribution in [2.45, 2.75) is 34.2 Å². The quantitative estimate of drug-likeness (QED) is 0.525. The Balaban J connectivity index is 1.52. The van der Waals surface area contributed by atoms with Crippen LogP contribution in [0.25, 0.3) is 21.5 Å². The topological polar surface area (TPSA) is 76.9 Å². The number of hydrogen-bond acceptors (Lipinski definition) is 6. The Hall–Kier alpha value is -2.84. The summed E-state index contributed by atoms with van der Waals surface area (Å²) in [6, 6.07) is 6.17. The first-order valence-electron chi connectivity index (χ1n) is 9.11. The molecule has 3 aromatic heterocycles. The summed E-state index contributed by atoms with van der Waals surface area (Å²) in [6.07, 6.45) is 1.43. The van der Waals surface area contributed by atoms with Crippen molar-refractivity contribution < 1.29 is 4.79 Å². The third kappa shape index (κ3) is 3.73. The van der Waals surface area contributed by atoms with Crippen molar-refractivity contribution in [2.24, 2.45) is 0 Å². The maximum atomic E-state index is 12.7. The van der Waals surface area contributed by atoms with E-state index in [0.717, 1.165) is 21.7 Å². The van der Waals surface area contributed by atoms with Gasteiger partial charge in [0.2, 0.25) is 5.91 Å². The number of rotatable bonds is 4. The predicted molar refractivity (Wildman–Crippen MR) is 119 cm³/mol. The maximum absolute atomic E-state index is 12.7. The Morgan fingerprint density at radius 3 is 2.72 bits per heavy atom. The molecular weight excluding hydrogens is 404 g/mol. The van der Waals surface area contributed by atoms with E-state index in [1.165, 1.54) is 44.7 Å². The second-order valence-corrected chi connectivity index (χ2v) is 9.09. The highest BCUT2D eigenvalue weighted by Gasteiger charge is 2.15. The Morgan fingerprint density at radius 2 is 1.97 bits per heavy atom. The number of anilines is 1. The number of benzene rings is 1. The van der Waals surface area contributed by atoms with Crippen LogP contribution in [-0.4, -0.2) is 20.4 Å². The summed E-state index contributed by atoms with van der Waals surface area (Å²) in [5.74, 6) is -0.307. The molecule has 0 aliphatic heterocycles. The molecule has 0 bridgehead atoms. The van der Waals surface area contributed by atoms with Gasteiger partial charge < -0.3 is 5.32 Å². The molecule has 4 aromatic rings. The number of hydrogen-bond donors (Lipinski definition) is 1. The second kappa shape index (κ2) is 7.53. The minimum Gasteiger partial charge on any atom is -0.300 e. The van der Waals surface area contributed by atoms with E-state index in [4.69, 9.17) is 0 Å². The lowest BCUT2D eigenvalue weighted by Gasteiger charge is -2.05. The predicted octanol–water partition coefficient (Wildman–Crippen LogP) is 4.45. The monoisotopic (exact) mass is 424 g/mol. The zero-order valence-corrected chi connectivity index (χ0v) is 18.2. The van der Waals surface area contributed by atoms with Crippen LogP contribution >= 0.6 is 22.7 Å². The molecule has 8 heteroatoms. The van der Waals surface area contributed by atoms with Gasteiger partial charge >= 0.3 is 0 Å². The van der Waals surface area contributed by atoms with Gasteiger partial charge in [0.25, 0.3) is 5.56 Å². The molecule has 0 atom stereocenters. The van der Waals surface area contributed by atoms with Crippen LogP contribution in [0.1, 0.15) is 21.6 Å². The fourth-order valence-electron chi connectivity index (χ4n) is 3.06. The number of carbonyl (C=O) groups is 1. The summed E-state index contributed by atoms with van der Waals surface area (Å²) in [7, 11) is 0. The van der Waals surface area contributed by atoms with Gasteiger partial charge in [0.05, 0.1) is 17.4 Å². The van der Waals surface area contributed by atoms with Crippen molar-refractivity contribution in [3.63, 3.8) is 0 Å². The SMILES string of the molecule is Cc1ccc(-c2csc(NC(=O)Cn3cnc4sc(C)c(C)c4c3=O)n2)cc1C. The van der Waals surface area contributed by atoms with Crippen LogP contribution in [0.2, 0.25) is 0 Å². The average Bonchev–Trinajstić information content (AvgIpc) is 3.25. The van der Waals surface area contributed by atoms with Crippen LogP contribution < -0.4 is 10.9 Å². The minimum atomic E-state index is -0.307. The zero-order chi connectivity index (χ0) is 20.7. The summed E-state index contributed by atoms with van der Waals surface area (Å²) in [6.45, 7) is 7.90. The van der Waals surface area contributed by atoms with Crippen molar-refractivity contribution in [2.75, 3.05) is 5.32 Å². The fraction of sp³-hybridized carbons (Fsp3) is 0.238. The number of thiazole rings is 1. The number of carbonyl (C=O) groups excluding carboxylic acids is 1. The number of fused-ring (bicyclic) bond motifs is 1. The van der Waals surface area contributed by atoms with E-state index < -0.39 is 0 Å². The lowest BCUT2D eigenvalue weighted by atomic mass is 10.1. The molecule has 0 aliphatic carbocycles. The van der Waals surface area contributed by atoms with Gasteiger partial charge in [-0.15, -0.1) is 22.7 Å². The van der Waals surface area contributed by atoms with Gasteiger partial charge in [-0.25, -0.2) is 9.97 Å². The fourth-order valence-corrected chi connectivity index (χ4v) is 4.78. The first-order chi connectivity index (χ1) is 13.8. The Labute approximate surface area is 175 Å². The van der Waals surface area contributed by atoms with Crippen molar-refractivity contribution in [1.29, 1.82) is 0 Å². The van der Waals surface area contributed by atoms with Gasteiger partial charge in [0, 0.05) is 15.8 Å². The van der Waals surface area contributed by atoms with Gasteiger partial charge in [-0.2, -0.15) is 0 Å². The van der Waals surface area contributed by atoms with E-state index >= 15 is 0 Å². The van der Waals surface area contributed by atoms with Gasteiger partial charge in [-0.3, -0.25) is 14.2 Å². The average molecular weight is 425 g/mol. The molecule has 0 aliphatic rings. The van der Waals surface area contributed by atoms with E-state index in [0.29, 0.717) is 15.3 Å². The van der Waals surface area contributed by atoms with E-state index in [1.54, 1.807) is 0 Å². The number of aryl methyl sites for hydroxylation is 4. The van der Waals surface area contributed by atoms with E-state index in [9.17, 15) is 9.59 Å². The van der Waals surface area contributed by atoms with Crippen molar-refractivity contribution in [1.82, 2.24) is 14.5 Å². The summed E-state index contributed by atoms with van der Waals surface area (Å²) in [5, 5.41) is 5.80. The second-order valence-electron chi connectivity index (χ2n) is 7.03. The molecule has 0 spiro atoms. The number of nitrogens with one attached hydrogen (secondary N) is 1. The van der Waals surface area contributed by atoms with Crippen LogP contribution in [0, 0.1) is 27.7 Å². The van der Waals surface area contributed by atoms with Gasteiger partial charge in [0.1, 0.15) is 11.4 Å². The van der Waals surface area contributed by atoms with Crippen LogP contribution in [0.3, 0.4) is 0 Å². The number of aromatic nitrogens is 3. The highest BCUT2D eigenvalue weighted by Crippen LogP contribution is 2.27. The summed E-state index contributed by atoms with van der Waals surface area (Å²) in [4.78, 5) is 35.8. The van der Waals surface area contributed by atoms with E-state index in [-0.39, 0.29) is 18.0 Å².